The third kappa shape index (κ3) is 4.53. The Hall–Kier alpha value is -2.64. The summed E-state index contributed by atoms with van der Waals surface area (Å²) in [5.41, 5.74) is 0.727. The molecule has 1 aliphatic rings. The van der Waals surface area contributed by atoms with E-state index in [1.54, 1.807) is 19.1 Å². The van der Waals surface area contributed by atoms with Gasteiger partial charge in [0.05, 0.1) is 18.3 Å². The predicted octanol–water partition coefficient (Wildman–Crippen LogP) is 3.62. The molecule has 1 atom stereocenters. The van der Waals surface area contributed by atoms with E-state index in [0.29, 0.717) is 5.56 Å². The second kappa shape index (κ2) is 8.85. The summed E-state index contributed by atoms with van der Waals surface area (Å²) in [4.78, 5) is 25.1. The molecule has 2 aromatic carbocycles. The average molecular weight is 424 g/mol. The number of ether oxygens (including phenoxy) is 2. The van der Waals surface area contributed by atoms with E-state index < -0.39 is 30.3 Å². The molecule has 6 nitrogen and oxygen atoms in total. The molecule has 31 heavy (non-hydrogen) atoms. The van der Waals surface area contributed by atoms with E-state index in [-0.39, 0.29) is 12.5 Å². The molecule has 0 amide bonds. The molecule has 7 heteroatoms. The van der Waals surface area contributed by atoms with Crippen molar-refractivity contribution in [2.24, 2.45) is 0 Å². The molecule has 2 aromatic rings. The van der Waals surface area contributed by atoms with Gasteiger partial charge in [-0.15, -0.1) is 0 Å². The first-order valence-corrected chi connectivity index (χ1v) is 10.4. The lowest BCUT2D eigenvalue weighted by molar-refractivity contribution is -0.169. The smallest absolute Gasteiger partial charge is 0.465 e. The molecule has 1 fully saturated rings. The molecule has 0 aliphatic carbocycles. The highest BCUT2D eigenvalue weighted by atomic mass is 16.7. The molecular weight excluding hydrogens is 395 g/mol. The maximum atomic E-state index is 13.0. The Bertz CT molecular complexity index is 956. The molecule has 164 valence electrons. The molecule has 0 saturated carbocycles. The Morgan fingerprint density at radius 1 is 1.03 bits per heavy atom. The fourth-order valence-electron chi connectivity index (χ4n) is 3.55. The number of esters is 2. The van der Waals surface area contributed by atoms with Crippen molar-refractivity contribution in [1.29, 1.82) is 0 Å². The summed E-state index contributed by atoms with van der Waals surface area (Å²) >= 11 is 0. The zero-order chi connectivity index (χ0) is 22.8. The quantitative estimate of drug-likeness (QED) is 0.521. The number of carbonyl (C=O) groups excluding carboxylic acids is 2. The van der Waals surface area contributed by atoms with Crippen molar-refractivity contribution < 1.29 is 28.4 Å². The van der Waals surface area contributed by atoms with Crippen molar-refractivity contribution in [3.05, 3.63) is 65.2 Å². The maximum absolute atomic E-state index is 13.0. The van der Waals surface area contributed by atoms with Crippen LogP contribution in [0.25, 0.3) is 0 Å². The minimum Gasteiger partial charge on any atom is -0.465 e. The highest BCUT2D eigenvalue weighted by Crippen LogP contribution is 2.38. The number of benzene rings is 2. The van der Waals surface area contributed by atoms with E-state index in [0.717, 1.165) is 16.6 Å². The summed E-state index contributed by atoms with van der Waals surface area (Å²) in [5, 5.41) is 0. The van der Waals surface area contributed by atoms with Crippen molar-refractivity contribution in [3.8, 4) is 0 Å². The van der Waals surface area contributed by atoms with Crippen molar-refractivity contribution >= 4 is 24.5 Å². The van der Waals surface area contributed by atoms with Crippen molar-refractivity contribution in [2.45, 2.75) is 58.3 Å². The molecule has 0 aromatic heterocycles. The highest BCUT2D eigenvalue weighted by Gasteiger charge is 2.60. The third-order valence-electron chi connectivity index (χ3n) is 5.87. The predicted molar refractivity (Wildman–Crippen MR) is 118 cm³/mol. The van der Waals surface area contributed by atoms with Gasteiger partial charge in [-0.2, -0.15) is 0 Å². The molecule has 1 aliphatic heterocycles. The number of carbonyl (C=O) groups is 2. The summed E-state index contributed by atoms with van der Waals surface area (Å²) in [6, 6.07) is 14.8. The van der Waals surface area contributed by atoms with Crippen LogP contribution in [0, 0.1) is 0 Å². The standard InChI is InChI=1S/C24H29BO6/c1-16(2)20-14-18(12-13-19(20)21(26)28-6)25-30-23(3,4)24(5,31-25)22(27)29-15-17-10-8-7-9-11-17/h7-14,16H,15H2,1-6H3. The second-order valence-electron chi connectivity index (χ2n) is 8.67. The maximum Gasteiger partial charge on any atom is 0.495 e. The van der Waals surface area contributed by atoms with E-state index in [2.05, 4.69) is 0 Å². The van der Waals surface area contributed by atoms with Gasteiger partial charge in [0.25, 0.3) is 0 Å². The topological polar surface area (TPSA) is 71.1 Å². The van der Waals surface area contributed by atoms with Crippen LogP contribution in [0.1, 0.15) is 62.0 Å². The van der Waals surface area contributed by atoms with Gasteiger partial charge >= 0.3 is 19.1 Å². The molecule has 0 bridgehead atoms. The molecular formula is C24H29BO6. The van der Waals surface area contributed by atoms with Crippen molar-refractivity contribution in [3.63, 3.8) is 0 Å². The zero-order valence-electron chi connectivity index (χ0n) is 18.9. The normalized spacial score (nSPS) is 20.0. The molecule has 1 saturated heterocycles. The number of hydrogen-bond acceptors (Lipinski definition) is 6. The van der Waals surface area contributed by atoms with Gasteiger partial charge in [-0.25, -0.2) is 9.59 Å². The van der Waals surface area contributed by atoms with Crippen LogP contribution in [-0.4, -0.2) is 37.4 Å². The van der Waals surface area contributed by atoms with Crippen molar-refractivity contribution in [1.82, 2.24) is 0 Å². The van der Waals surface area contributed by atoms with Gasteiger partial charge < -0.3 is 18.8 Å². The summed E-state index contributed by atoms with van der Waals surface area (Å²) in [5.74, 6) is -0.789. The largest absolute Gasteiger partial charge is 0.495 e. The fourth-order valence-corrected chi connectivity index (χ4v) is 3.55. The Balaban J connectivity index is 1.83. The van der Waals surface area contributed by atoms with Crippen molar-refractivity contribution in [2.75, 3.05) is 7.11 Å². The van der Waals surface area contributed by atoms with Crippen LogP contribution in [0.15, 0.2) is 48.5 Å². The highest BCUT2D eigenvalue weighted by molar-refractivity contribution is 6.62. The average Bonchev–Trinajstić information content (AvgIpc) is 3.01. The number of hydrogen-bond donors (Lipinski definition) is 0. The Labute approximate surface area is 184 Å². The summed E-state index contributed by atoms with van der Waals surface area (Å²) in [6.45, 7) is 9.46. The molecule has 0 spiro atoms. The SMILES string of the molecule is COC(=O)c1ccc(B2OC(C)(C)C(C)(C(=O)OCc3ccccc3)O2)cc1C(C)C. The van der Waals surface area contributed by atoms with E-state index in [9.17, 15) is 9.59 Å². The van der Waals surface area contributed by atoms with Crippen LogP contribution in [0.3, 0.4) is 0 Å². The van der Waals surface area contributed by atoms with Gasteiger partial charge in [-0.1, -0.05) is 56.3 Å². The Morgan fingerprint density at radius 2 is 1.71 bits per heavy atom. The van der Waals surface area contributed by atoms with Gasteiger partial charge in [-0.05, 0) is 49.3 Å². The lowest BCUT2D eigenvalue weighted by atomic mass is 9.76. The van der Waals surface area contributed by atoms with Crippen LogP contribution in [-0.2, 0) is 30.2 Å². The van der Waals surface area contributed by atoms with Crippen LogP contribution in [0.5, 0.6) is 0 Å². The van der Waals surface area contributed by atoms with E-state index in [4.69, 9.17) is 18.8 Å². The summed E-state index contributed by atoms with van der Waals surface area (Å²) in [7, 11) is 0.590. The van der Waals surface area contributed by atoms with Crippen LogP contribution >= 0.6 is 0 Å². The molecule has 1 heterocycles. The van der Waals surface area contributed by atoms with Gasteiger partial charge in [0.15, 0.2) is 5.60 Å². The Morgan fingerprint density at radius 3 is 2.32 bits per heavy atom. The molecule has 1 unspecified atom stereocenters. The van der Waals surface area contributed by atoms with Gasteiger partial charge in [0.2, 0.25) is 0 Å². The third-order valence-corrected chi connectivity index (χ3v) is 5.87. The monoisotopic (exact) mass is 424 g/mol. The first kappa shape index (κ1) is 23.0. The lowest BCUT2D eigenvalue weighted by Gasteiger charge is -2.33. The molecule has 0 radical (unpaired) electrons. The zero-order valence-corrected chi connectivity index (χ0v) is 18.9. The minimum absolute atomic E-state index is 0.0886. The fraction of sp³-hybridized carbons (Fsp3) is 0.417. The summed E-state index contributed by atoms with van der Waals surface area (Å²) in [6.07, 6.45) is 0. The van der Waals surface area contributed by atoms with Gasteiger partial charge in [-0.3, -0.25) is 0 Å². The Kier molecular flexibility index (Phi) is 6.58. The van der Waals surface area contributed by atoms with E-state index >= 15 is 0 Å². The lowest BCUT2D eigenvalue weighted by Crippen LogP contribution is -2.52. The summed E-state index contributed by atoms with van der Waals surface area (Å²) < 4.78 is 22.7. The molecule has 0 N–H and O–H groups in total. The number of rotatable bonds is 6. The molecule has 3 rings (SSSR count). The van der Waals surface area contributed by atoms with Crippen LogP contribution in [0.2, 0.25) is 0 Å². The second-order valence-corrected chi connectivity index (χ2v) is 8.67. The minimum atomic E-state index is -1.30. The van der Waals surface area contributed by atoms with Crippen LogP contribution < -0.4 is 5.46 Å². The van der Waals surface area contributed by atoms with E-state index in [1.807, 2.05) is 64.1 Å². The van der Waals surface area contributed by atoms with Gasteiger partial charge in [0.1, 0.15) is 6.61 Å². The van der Waals surface area contributed by atoms with Gasteiger partial charge in [0, 0.05) is 0 Å². The van der Waals surface area contributed by atoms with E-state index in [1.165, 1.54) is 7.11 Å². The first-order chi connectivity index (χ1) is 14.6. The number of methoxy groups -OCH3 is 1. The first-order valence-electron chi connectivity index (χ1n) is 10.4. The van der Waals surface area contributed by atoms with Crippen LogP contribution in [0.4, 0.5) is 0 Å².